The molecule has 0 saturated carbocycles. The number of benzene rings is 1. The van der Waals surface area contributed by atoms with E-state index in [-0.39, 0.29) is 5.56 Å². The minimum absolute atomic E-state index is 0.0264. The number of hydrogen-bond donors (Lipinski definition) is 1. The Hall–Kier alpha value is -2.14. The largest absolute Gasteiger partial charge is 0.496 e. The van der Waals surface area contributed by atoms with Crippen LogP contribution in [0.25, 0.3) is 11.3 Å². The normalized spacial score (nSPS) is 10.7. The highest BCUT2D eigenvalue weighted by Gasteiger charge is 2.12. The first kappa shape index (κ1) is 16.2. The van der Waals surface area contributed by atoms with Crippen molar-refractivity contribution in [3.63, 3.8) is 0 Å². The lowest BCUT2D eigenvalue weighted by Crippen LogP contribution is -2.29. The molecule has 0 fully saturated rings. The Morgan fingerprint density at radius 1 is 1.32 bits per heavy atom. The Labute approximate surface area is 130 Å². The predicted octanol–water partition coefficient (Wildman–Crippen LogP) is 2.44. The predicted molar refractivity (Wildman–Crippen MR) is 88.2 cm³/mol. The molecule has 0 aliphatic carbocycles. The van der Waals surface area contributed by atoms with Gasteiger partial charge < -0.3 is 10.1 Å². The first-order valence-corrected chi connectivity index (χ1v) is 7.60. The average molecular weight is 301 g/mol. The molecular weight excluding hydrogens is 278 g/mol. The number of ether oxygens (including phenoxy) is 1. The Morgan fingerprint density at radius 3 is 2.77 bits per heavy atom. The maximum atomic E-state index is 12.4. The number of hydrogen-bond acceptors (Lipinski definition) is 4. The van der Waals surface area contributed by atoms with Gasteiger partial charge in [0, 0.05) is 24.2 Å². The van der Waals surface area contributed by atoms with Crippen molar-refractivity contribution in [3.05, 3.63) is 46.2 Å². The Morgan fingerprint density at radius 2 is 2.09 bits per heavy atom. The molecule has 1 N–H and O–H groups in total. The molecule has 0 aliphatic rings. The standard InChI is InChI=1S/C17H23N3O2/c1-4-5-10-20-17(21)13(12-18-2)11-15(19-20)14-8-6-7-9-16(14)22-3/h6-9,11,18H,4-5,10,12H2,1-3H3. The van der Waals surface area contributed by atoms with Crippen LogP contribution in [-0.2, 0) is 13.1 Å². The monoisotopic (exact) mass is 301 g/mol. The van der Waals surface area contributed by atoms with Crippen LogP contribution in [0.2, 0.25) is 0 Å². The lowest BCUT2D eigenvalue weighted by atomic mass is 10.1. The molecule has 0 bridgehead atoms. The highest BCUT2D eigenvalue weighted by molar-refractivity contribution is 5.67. The van der Waals surface area contributed by atoms with E-state index in [0.29, 0.717) is 13.1 Å². The summed E-state index contributed by atoms with van der Waals surface area (Å²) in [6.45, 7) is 3.26. The maximum absolute atomic E-state index is 12.4. The lowest BCUT2D eigenvalue weighted by Gasteiger charge is -2.12. The molecule has 0 atom stereocenters. The molecule has 0 radical (unpaired) electrons. The van der Waals surface area contributed by atoms with E-state index in [1.165, 1.54) is 0 Å². The second-order valence-corrected chi connectivity index (χ2v) is 5.17. The van der Waals surface area contributed by atoms with Crippen molar-refractivity contribution in [3.8, 4) is 17.0 Å². The second kappa shape index (κ2) is 7.75. The first-order chi connectivity index (χ1) is 10.7. The van der Waals surface area contributed by atoms with Gasteiger partial charge in [-0.2, -0.15) is 5.10 Å². The van der Waals surface area contributed by atoms with Crippen LogP contribution in [0, 0.1) is 0 Å². The topological polar surface area (TPSA) is 56.1 Å². The SMILES string of the molecule is CCCCn1nc(-c2ccccc2OC)cc(CNC)c1=O. The van der Waals surface area contributed by atoms with Crippen LogP contribution in [0.5, 0.6) is 5.75 Å². The molecular formula is C17H23N3O2. The highest BCUT2D eigenvalue weighted by Crippen LogP contribution is 2.27. The summed E-state index contributed by atoms with van der Waals surface area (Å²) in [4.78, 5) is 12.4. The summed E-state index contributed by atoms with van der Waals surface area (Å²) in [6, 6.07) is 9.57. The summed E-state index contributed by atoms with van der Waals surface area (Å²) in [5.74, 6) is 0.756. The van der Waals surface area contributed by atoms with Crippen LogP contribution in [0.3, 0.4) is 0 Å². The molecule has 0 aliphatic heterocycles. The zero-order chi connectivity index (χ0) is 15.9. The van der Waals surface area contributed by atoms with E-state index in [1.54, 1.807) is 11.8 Å². The number of unbranched alkanes of at least 4 members (excludes halogenated alkanes) is 1. The summed E-state index contributed by atoms with van der Waals surface area (Å²) in [7, 11) is 3.47. The molecule has 118 valence electrons. The number of aryl methyl sites for hydroxylation is 1. The molecule has 1 heterocycles. The molecule has 1 aromatic heterocycles. The van der Waals surface area contributed by atoms with Gasteiger partial charge in [-0.15, -0.1) is 0 Å². The van der Waals surface area contributed by atoms with Crippen LogP contribution in [0.15, 0.2) is 35.1 Å². The fraction of sp³-hybridized carbons (Fsp3) is 0.412. The van der Waals surface area contributed by atoms with Gasteiger partial charge in [0.1, 0.15) is 5.75 Å². The van der Waals surface area contributed by atoms with Gasteiger partial charge in [-0.1, -0.05) is 25.5 Å². The molecule has 0 amide bonds. The van der Waals surface area contributed by atoms with Gasteiger partial charge in [-0.3, -0.25) is 4.79 Å². The lowest BCUT2D eigenvalue weighted by molar-refractivity contribution is 0.416. The molecule has 1 aromatic carbocycles. The Balaban J connectivity index is 2.55. The summed E-state index contributed by atoms with van der Waals surface area (Å²) in [5.41, 5.74) is 2.35. The molecule has 0 unspecified atom stereocenters. The van der Waals surface area contributed by atoms with Gasteiger partial charge in [0.05, 0.1) is 12.8 Å². The van der Waals surface area contributed by atoms with Gasteiger partial charge in [0.25, 0.3) is 5.56 Å². The third-order valence-electron chi connectivity index (χ3n) is 3.52. The van der Waals surface area contributed by atoms with E-state index in [1.807, 2.05) is 37.4 Å². The average Bonchev–Trinajstić information content (AvgIpc) is 2.55. The maximum Gasteiger partial charge on any atom is 0.271 e. The molecule has 5 nitrogen and oxygen atoms in total. The van der Waals surface area contributed by atoms with Crippen molar-refractivity contribution in [1.29, 1.82) is 0 Å². The van der Waals surface area contributed by atoms with E-state index in [2.05, 4.69) is 17.3 Å². The minimum Gasteiger partial charge on any atom is -0.496 e. The highest BCUT2D eigenvalue weighted by atomic mass is 16.5. The van der Waals surface area contributed by atoms with E-state index in [0.717, 1.165) is 35.4 Å². The number of aromatic nitrogens is 2. The molecule has 0 spiro atoms. The summed E-state index contributed by atoms with van der Waals surface area (Å²) < 4.78 is 6.98. The van der Waals surface area contributed by atoms with Crippen LogP contribution < -0.4 is 15.6 Å². The first-order valence-electron chi connectivity index (χ1n) is 7.60. The number of rotatable bonds is 7. The number of methoxy groups -OCH3 is 1. The molecule has 22 heavy (non-hydrogen) atoms. The fourth-order valence-corrected chi connectivity index (χ4v) is 2.36. The van der Waals surface area contributed by atoms with E-state index in [9.17, 15) is 4.79 Å². The molecule has 2 aromatic rings. The van der Waals surface area contributed by atoms with Gasteiger partial charge in [0.2, 0.25) is 0 Å². The van der Waals surface area contributed by atoms with Crippen molar-refractivity contribution in [2.45, 2.75) is 32.9 Å². The minimum atomic E-state index is -0.0264. The number of para-hydroxylation sites is 1. The Kier molecular flexibility index (Phi) is 5.72. The zero-order valence-corrected chi connectivity index (χ0v) is 13.4. The molecule has 0 saturated heterocycles. The number of nitrogens with one attached hydrogen (secondary N) is 1. The van der Waals surface area contributed by atoms with E-state index < -0.39 is 0 Å². The van der Waals surface area contributed by atoms with Crippen molar-refractivity contribution in [2.75, 3.05) is 14.2 Å². The Bertz CT molecular complexity index is 680. The molecule has 5 heteroatoms. The van der Waals surface area contributed by atoms with Crippen molar-refractivity contribution < 1.29 is 4.74 Å². The van der Waals surface area contributed by atoms with Crippen molar-refractivity contribution in [1.82, 2.24) is 15.1 Å². The van der Waals surface area contributed by atoms with Gasteiger partial charge in [-0.05, 0) is 31.7 Å². The summed E-state index contributed by atoms with van der Waals surface area (Å²) >= 11 is 0. The fourth-order valence-electron chi connectivity index (χ4n) is 2.36. The van der Waals surface area contributed by atoms with E-state index in [4.69, 9.17) is 4.74 Å². The molecule has 2 rings (SSSR count). The van der Waals surface area contributed by atoms with Crippen LogP contribution in [0.4, 0.5) is 0 Å². The third-order valence-corrected chi connectivity index (χ3v) is 3.52. The smallest absolute Gasteiger partial charge is 0.271 e. The van der Waals surface area contributed by atoms with Crippen LogP contribution in [0.1, 0.15) is 25.3 Å². The summed E-state index contributed by atoms with van der Waals surface area (Å²) in [6.07, 6.45) is 1.95. The number of nitrogens with zero attached hydrogens (tertiary/aromatic N) is 2. The van der Waals surface area contributed by atoms with Gasteiger partial charge >= 0.3 is 0 Å². The van der Waals surface area contributed by atoms with Crippen LogP contribution in [-0.4, -0.2) is 23.9 Å². The second-order valence-electron chi connectivity index (χ2n) is 5.17. The summed E-state index contributed by atoms with van der Waals surface area (Å²) in [5, 5.41) is 7.57. The third kappa shape index (κ3) is 3.54. The zero-order valence-electron chi connectivity index (χ0n) is 13.4. The van der Waals surface area contributed by atoms with Gasteiger partial charge in [0.15, 0.2) is 0 Å². The quantitative estimate of drug-likeness (QED) is 0.853. The van der Waals surface area contributed by atoms with Crippen LogP contribution >= 0.6 is 0 Å². The van der Waals surface area contributed by atoms with E-state index >= 15 is 0 Å². The van der Waals surface area contributed by atoms with Crippen molar-refractivity contribution in [2.24, 2.45) is 0 Å². The van der Waals surface area contributed by atoms with Crippen molar-refractivity contribution >= 4 is 0 Å². The van der Waals surface area contributed by atoms with Gasteiger partial charge in [-0.25, -0.2) is 4.68 Å².